The molecule has 1 aromatic heterocycles. The Morgan fingerprint density at radius 2 is 1.70 bits per heavy atom. The van der Waals surface area contributed by atoms with Gasteiger partial charge in [0, 0.05) is 30.3 Å². The second-order valence-corrected chi connectivity index (χ2v) is 7.14. The highest BCUT2D eigenvalue weighted by atomic mass is 19.4. The number of aromatic amines is 1. The van der Waals surface area contributed by atoms with Crippen LogP contribution in [-0.4, -0.2) is 29.3 Å². The lowest BCUT2D eigenvalue weighted by Gasteiger charge is -2.22. The fraction of sp³-hybridized carbons (Fsp3) is 0.273. The molecule has 2 aromatic carbocycles. The average molecular weight is 415 g/mol. The Hall–Kier alpha value is -3.13. The quantitative estimate of drug-likeness (QED) is 0.612. The van der Waals surface area contributed by atoms with Crippen molar-refractivity contribution < 1.29 is 22.7 Å². The molecular formula is C22H20F3N3O2. The summed E-state index contributed by atoms with van der Waals surface area (Å²) in [4.78, 5) is 12.8. The lowest BCUT2D eigenvalue weighted by Crippen LogP contribution is -2.18. The van der Waals surface area contributed by atoms with Crippen LogP contribution < -0.4 is 5.32 Å². The second-order valence-electron chi connectivity index (χ2n) is 7.14. The van der Waals surface area contributed by atoms with Gasteiger partial charge in [-0.1, -0.05) is 30.3 Å². The third-order valence-electron chi connectivity index (χ3n) is 5.18. The highest BCUT2D eigenvalue weighted by Crippen LogP contribution is 2.37. The summed E-state index contributed by atoms with van der Waals surface area (Å²) in [5.41, 5.74) is 2.12. The molecule has 3 aromatic rings. The van der Waals surface area contributed by atoms with Crippen molar-refractivity contribution in [2.45, 2.75) is 24.9 Å². The molecule has 0 unspecified atom stereocenters. The van der Waals surface area contributed by atoms with Gasteiger partial charge in [-0.25, -0.2) is 0 Å². The van der Waals surface area contributed by atoms with Crippen LogP contribution in [0.2, 0.25) is 0 Å². The van der Waals surface area contributed by atoms with Gasteiger partial charge in [0.15, 0.2) is 0 Å². The number of anilines is 1. The number of H-pyrrole nitrogens is 1. The van der Waals surface area contributed by atoms with Crippen molar-refractivity contribution in [3.05, 3.63) is 71.4 Å². The number of nitrogens with zero attached hydrogens (tertiary/aromatic N) is 1. The van der Waals surface area contributed by atoms with Crippen LogP contribution in [0.1, 0.15) is 40.4 Å². The molecule has 2 N–H and O–H groups in total. The van der Waals surface area contributed by atoms with Crippen LogP contribution in [0.5, 0.6) is 0 Å². The van der Waals surface area contributed by atoms with Gasteiger partial charge in [-0.3, -0.25) is 9.89 Å². The van der Waals surface area contributed by atoms with Gasteiger partial charge in [0.2, 0.25) is 0 Å². The number of benzene rings is 2. The zero-order valence-electron chi connectivity index (χ0n) is 16.0. The molecule has 1 saturated heterocycles. The van der Waals surface area contributed by atoms with Gasteiger partial charge in [0.25, 0.3) is 5.91 Å². The van der Waals surface area contributed by atoms with E-state index in [1.165, 1.54) is 12.1 Å². The molecule has 0 saturated carbocycles. The van der Waals surface area contributed by atoms with E-state index in [0.717, 1.165) is 36.2 Å². The maximum Gasteiger partial charge on any atom is 0.416 e. The molecule has 0 bridgehead atoms. The normalized spacial score (nSPS) is 15.2. The van der Waals surface area contributed by atoms with E-state index in [1.807, 2.05) is 30.3 Å². The smallest absolute Gasteiger partial charge is 0.381 e. The van der Waals surface area contributed by atoms with Crippen molar-refractivity contribution in [3.63, 3.8) is 0 Å². The summed E-state index contributed by atoms with van der Waals surface area (Å²) in [5, 5.41) is 10.4. The first-order chi connectivity index (χ1) is 14.4. The van der Waals surface area contributed by atoms with Gasteiger partial charge < -0.3 is 10.1 Å². The summed E-state index contributed by atoms with van der Waals surface area (Å²) < 4.78 is 43.8. The summed E-state index contributed by atoms with van der Waals surface area (Å²) in [6.07, 6.45) is -2.87. The van der Waals surface area contributed by atoms with Gasteiger partial charge in [0.05, 0.1) is 16.9 Å². The summed E-state index contributed by atoms with van der Waals surface area (Å²) in [6.45, 7) is 1.24. The van der Waals surface area contributed by atoms with E-state index in [-0.39, 0.29) is 11.5 Å². The number of amides is 1. The van der Waals surface area contributed by atoms with Crippen LogP contribution in [0.15, 0.2) is 54.6 Å². The Balaban J connectivity index is 1.66. The van der Waals surface area contributed by atoms with Crippen molar-refractivity contribution in [2.75, 3.05) is 18.5 Å². The number of carbonyl (C=O) groups excluding carboxylic acids is 1. The van der Waals surface area contributed by atoms with Crippen molar-refractivity contribution >= 4 is 11.6 Å². The minimum absolute atomic E-state index is 0.140. The molecule has 1 amide bonds. The van der Waals surface area contributed by atoms with E-state index < -0.39 is 17.6 Å². The minimum atomic E-state index is -4.45. The van der Waals surface area contributed by atoms with Gasteiger partial charge in [-0.2, -0.15) is 18.3 Å². The Morgan fingerprint density at radius 3 is 2.33 bits per heavy atom. The number of hydrogen-bond acceptors (Lipinski definition) is 3. The summed E-state index contributed by atoms with van der Waals surface area (Å²) in [7, 11) is 0. The molecule has 2 heterocycles. The van der Waals surface area contributed by atoms with Crippen LogP contribution in [0.3, 0.4) is 0 Å². The Kier molecular flexibility index (Phi) is 5.59. The molecule has 5 nitrogen and oxygen atoms in total. The predicted molar refractivity (Wildman–Crippen MR) is 106 cm³/mol. The molecule has 0 atom stereocenters. The number of halogens is 3. The molecule has 1 fully saturated rings. The summed E-state index contributed by atoms with van der Waals surface area (Å²) in [5.74, 6) is -0.345. The summed E-state index contributed by atoms with van der Waals surface area (Å²) in [6, 6.07) is 13.6. The first-order valence-corrected chi connectivity index (χ1v) is 9.63. The van der Waals surface area contributed by atoms with Crippen molar-refractivity contribution in [1.29, 1.82) is 0 Å². The van der Waals surface area contributed by atoms with E-state index in [0.29, 0.717) is 24.6 Å². The molecule has 0 aliphatic carbocycles. The van der Waals surface area contributed by atoms with Crippen molar-refractivity contribution in [1.82, 2.24) is 10.2 Å². The van der Waals surface area contributed by atoms with Crippen LogP contribution in [0.25, 0.3) is 11.3 Å². The fourth-order valence-electron chi connectivity index (χ4n) is 3.56. The third kappa shape index (κ3) is 4.23. The van der Waals surface area contributed by atoms with Crippen LogP contribution in [0.4, 0.5) is 18.9 Å². The maximum atomic E-state index is 12.8. The topological polar surface area (TPSA) is 67.0 Å². The Labute approximate surface area is 171 Å². The highest BCUT2D eigenvalue weighted by Gasteiger charge is 2.30. The maximum absolute atomic E-state index is 12.8. The van der Waals surface area contributed by atoms with Crippen molar-refractivity contribution in [3.8, 4) is 11.3 Å². The van der Waals surface area contributed by atoms with Gasteiger partial charge in [-0.15, -0.1) is 0 Å². The van der Waals surface area contributed by atoms with Gasteiger partial charge >= 0.3 is 6.18 Å². The molecule has 8 heteroatoms. The van der Waals surface area contributed by atoms with E-state index in [9.17, 15) is 18.0 Å². The number of rotatable bonds is 4. The molecule has 0 spiro atoms. The van der Waals surface area contributed by atoms with Crippen molar-refractivity contribution in [2.24, 2.45) is 0 Å². The number of aromatic nitrogens is 2. The van der Waals surface area contributed by atoms with Gasteiger partial charge in [-0.05, 0) is 37.1 Å². The van der Waals surface area contributed by atoms with E-state index in [2.05, 4.69) is 15.5 Å². The first kappa shape index (κ1) is 20.2. The zero-order chi connectivity index (χ0) is 21.1. The first-order valence-electron chi connectivity index (χ1n) is 9.63. The molecule has 30 heavy (non-hydrogen) atoms. The lowest BCUT2D eigenvalue weighted by atomic mass is 9.94. The Bertz CT molecular complexity index is 1010. The monoisotopic (exact) mass is 415 g/mol. The van der Waals surface area contributed by atoms with Crippen LogP contribution in [-0.2, 0) is 10.9 Å². The second kappa shape index (κ2) is 8.31. The SMILES string of the molecule is O=C(Nc1c(-c2ccccc2)n[nH]c1C1CCOCC1)c1ccc(C(F)(F)F)cc1. The minimum Gasteiger partial charge on any atom is -0.381 e. The molecule has 0 radical (unpaired) electrons. The summed E-state index contributed by atoms with van der Waals surface area (Å²) >= 11 is 0. The number of hydrogen-bond donors (Lipinski definition) is 2. The zero-order valence-corrected chi connectivity index (χ0v) is 16.0. The largest absolute Gasteiger partial charge is 0.416 e. The van der Waals surface area contributed by atoms with E-state index >= 15 is 0 Å². The average Bonchev–Trinajstić information content (AvgIpc) is 3.18. The number of alkyl halides is 3. The number of ether oxygens (including phenoxy) is 1. The number of nitrogens with one attached hydrogen (secondary N) is 2. The molecule has 1 aliphatic heterocycles. The lowest BCUT2D eigenvalue weighted by molar-refractivity contribution is -0.137. The van der Waals surface area contributed by atoms with Crippen LogP contribution in [0, 0.1) is 0 Å². The molecular weight excluding hydrogens is 395 g/mol. The predicted octanol–water partition coefficient (Wildman–Crippen LogP) is 5.24. The van der Waals surface area contributed by atoms with E-state index in [4.69, 9.17) is 4.74 Å². The van der Waals surface area contributed by atoms with Crippen LogP contribution >= 0.6 is 0 Å². The molecule has 156 valence electrons. The highest BCUT2D eigenvalue weighted by molar-refractivity contribution is 6.06. The third-order valence-corrected chi connectivity index (χ3v) is 5.18. The van der Waals surface area contributed by atoms with Gasteiger partial charge in [0.1, 0.15) is 5.69 Å². The Morgan fingerprint density at radius 1 is 1.03 bits per heavy atom. The number of carbonyl (C=O) groups is 1. The fourth-order valence-corrected chi connectivity index (χ4v) is 3.56. The standard InChI is InChI=1S/C22H20F3N3O2/c23-22(24,25)17-8-6-16(7-9-17)21(29)26-20-18(14-4-2-1-3-5-14)27-28-19(20)15-10-12-30-13-11-15/h1-9,15H,10-13H2,(H,26,29)(H,27,28). The van der Waals surface area contributed by atoms with E-state index in [1.54, 1.807) is 0 Å². The molecule has 1 aliphatic rings. The molecule has 4 rings (SSSR count).